The molecule has 0 spiro atoms. The Morgan fingerprint density at radius 2 is 1.85 bits per heavy atom. The van der Waals surface area contributed by atoms with Gasteiger partial charge in [-0.25, -0.2) is 4.98 Å². The molecule has 0 atom stereocenters. The van der Waals surface area contributed by atoms with Gasteiger partial charge in [-0.05, 0) is 48.4 Å². The molecule has 4 aromatic rings. The summed E-state index contributed by atoms with van der Waals surface area (Å²) in [6, 6.07) is 18.5. The van der Waals surface area contributed by atoms with Gasteiger partial charge in [-0.15, -0.1) is 0 Å². The molecular weight excluding hydrogens is 436 g/mol. The molecule has 2 heterocycles. The van der Waals surface area contributed by atoms with Gasteiger partial charge in [-0.3, -0.25) is 4.98 Å². The molecule has 0 saturated carbocycles. The third-order valence-electron chi connectivity index (χ3n) is 4.78. The summed E-state index contributed by atoms with van der Waals surface area (Å²) in [7, 11) is -1.82. The second-order valence-corrected chi connectivity index (χ2v) is 8.05. The zero-order valence-corrected chi connectivity index (χ0v) is 18.8. The SMILES string of the molecule is CCOc1ccc(-c2cnc(Nc3cccc([S-](=N)=O)c3)nc2NCc2ccncc2)cc1. The van der Waals surface area contributed by atoms with Crippen molar-refractivity contribution in [1.29, 1.82) is 4.78 Å². The minimum absolute atomic E-state index is 0.384. The van der Waals surface area contributed by atoms with Gasteiger partial charge < -0.3 is 24.4 Å². The van der Waals surface area contributed by atoms with Crippen LogP contribution in [-0.2, 0) is 21.3 Å². The predicted octanol–water partition coefficient (Wildman–Crippen LogP) is 5.38. The number of rotatable bonds is 9. The van der Waals surface area contributed by atoms with Crippen molar-refractivity contribution in [1.82, 2.24) is 15.0 Å². The number of nitrogens with zero attached hydrogens (tertiary/aromatic N) is 3. The van der Waals surface area contributed by atoms with Crippen LogP contribution < -0.4 is 15.4 Å². The van der Waals surface area contributed by atoms with E-state index in [4.69, 9.17) is 9.52 Å². The van der Waals surface area contributed by atoms with E-state index in [0.717, 1.165) is 22.4 Å². The van der Waals surface area contributed by atoms with Crippen molar-refractivity contribution in [3.63, 3.8) is 0 Å². The lowest BCUT2D eigenvalue weighted by Gasteiger charge is -2.14. The Kier molecular flexibility index (Phi) is 7.11. The molecule has 4 rings (SSSR count). The Labute approximate surface area is 194 Å². The van der Waals surface area contributed by atoms with Crippen molar-refractivity contribution >= 4 is 28.0 Å². The summed E-state index contributed by atoms with van der Waals surface area (Å²) in [4.78, 5) is 13.6. The quantitative estimate of drug-likeness (QED) is 0.288. The molecule has 168 valence electrons. The maximum absolute atomic E-state index is 11.5. The first-order valence-electron chi connectivity index (χ1n) is 10.4. The van der Waals surface area contributed by atoms with Crippen LogP contribution in [0.2, 0.25) is 0 Å². The summed E-state index contributed by atoms with van der Waals surface area (Å²) in [5.41, 5.74) is 3.52. The summed E-state index contributed by atoms with van der Waals surface area (Å²) >= 11 is 0. The van der Waals surface area contributed by atoms with Crippen molar-refractivity contribution in [3.8, 4) is 16.9 Å². The van der Waals surface area contributed by atoms with Gasteiger partial charge >= 0.3 is 0 Å². The first kappa shape index (κ1) is 22.2. The van der Waals surface area contributed by atoms with Gasteiger partial charge in [0.2, 0.25) is 5.95 Å². The van der Waals surface area contributed by atoms with Crippen molar-refractivity contribution < 1.29 is 8.95 Å². The fourth-order valence-electron chi connectivity index (χ4n) is 3.19. The van der Waals surface area contributed by atoms with Crippen molar-refractivity contribution in [2.75, 3.05) is 17.2 Å². The largest absolute Gasteiger partial charge is 0.494 e. The first-order valence-corrected chi connectivity index (χ1v) is 11.5. The molecule has 0 aliphatic carbocycles. The fraction of sp³-hybridized carbons (Fsp3) is 0.125. The van der Waals surface area contributed by atoms with Crippen LogP contribution in [-0.4, -0.2) is 21.6 Å². The molecule has 0 radical (unpaired) electrons. The topological polar surface area (TPSA) is 113 Å². The summed E-state index contributed by atoms with van der Waals surface area (Å²) in [5, 5.41) is 6.53. The minimum Gasteiger partial charge on any atom is -0.494 e. The van der Waals surface area contributed by atoms with E-state index in [1.165, 1.54) is 0 Å². The zero-order chi connectivity index (χ0) is 23.0. The Morgan fingerprint density at radius 3 is 2.58 bits per heavy atom. The number of hydrogen-bond acceptors (Lipinski definition) is 9. The normalized spacial score (nSPS) is 10.7. The maximum Gasteiger partial charge on any atom is 0.229 e. The molecular formula is C24H23N6O2S-. The second-order valence-electron chi connectivity index (χ2n) is 7.04. The molecule has 0 aliphatic rings. The van der Waals surface area contributed by atoms with Gasteiger partial charge in [0.15, 0.2) is 0 Å². The van der Waals surface area contributed by atoms with Crippen LogP contribution in [0.5, 0.6) is 5.75 Å². The molecule has 9 heteroatoms. The van der Waals surface area contributed by atoms with E-state index in [-0.39, 0.29) is 0 Å². The van der Waals surface area contributed by atoms with Gasteiger partial charge in [-0.2, -0.15) is 15.6 Å². The smallest absolute Gasteiger partial charge is 0.229 e. The van der Waals surface area contributed by atoms with E-state index < -0.39 is 10.6 Å². The third-order valence-corrected chi connectivity index (χ3v) is 5.46. The highest BCUT2D eigenvalue weighted by Crippen LogP contribution is 2.29. The number of aromatic nitrogens is 3. The van der Waals surface area contributed by atoms with Crippen LogP contribution in [0.3, 0.4) is 0 Å². The van der Waals surface area contributed by atoms with E-state index in [9.17, 15) is 4.21 Å². The molecule has 2 aromatic carbocycles. The van der Waals surface area contributed by atoms with Crippen molar-refractivity contribution in [3.05, 3.63) is 84.8 Å². The molecule has 0 unspecified atom stereocenters. The summed E-state index contributed by atoms with van der Waals surface area (Å²) in [5.74, 6) is 1.85. The molecule has 33 heavy (non-hydrogen) atoms. The van der Waals surface area contributed by atoms with E-state index in [1.807, 2.05) is 49.4 Å². The third kappa shape index (κ3) is 5.83. The summed E-state index contributed by atoms with van der Waals surface area (Å²) in [6.45, 7) is 3.12. The van der Waals surface area contributed by atoms with E-state index in [0.29, 0.717) is 35.5 Å². The van der Waals surface area contributed by atoms with Crippen LogP contribution in [0.4, 0.5) is 17.5 Å². The highest BCUT2D eigenvalue weighted by atomic mass is 32.2. The van der Waals surface area contributed by atoms with Crippen LogP contribution >= 0.6 is 0 Å². The standard InChI is InChI=1S/C24H23N6O2S/c1-2-32-20-8-6-18(7-9-20)22-16-28-24(29-19-4-3-5-21(14-19)33(25)31)30-23(22)27-15-17-10-12-26-13-11-17/h3-14,16,25H,2,15H2,1H3,(H2,27,28,29,30)/q-1. The van der Waals surface area contributed by atoms with E-state index >= 15 is 0 Å². The molecule has 0 bridgehead atoms. The molecule has 0 aliphatic heterocycles. The number of ether oxygens (including phenoxy) is 1. The monoisotopic (exact) mass is 459 g/mol. The van der Waals surface area contributed by atoms with Crippen molar-refractivity contribution in [2.24, 2.45) is 0 Å². The van der Waals surface area contributed by atoms with Crippen LogP contribution in [0.25, 0.3) is 11.1 Å². The molecule has 0 saturated heterocycles. The van der Waals surface area contributed by atoms with Crippen LogP contribution in [0.15, 0.2) is 84.1 Å². The number of hydrogen-bond donors (Lipinski definition) is 3. The number of benzene rings is 2. The minimum atomic E-state index is -1.82. The van der Waals surface area contributed by atoms with Gasteiger partial charge in [0.05, 0.1) is 6.61 Å². The predicted molar refractivity (Wildman–Crippen MR) is 129 cm³/mol. The summed E-state index contributed by atoms with van der Waals surface area (Å²) < 4.78 is 24.5. The Hall–Kier alpha value is -3.98. The maximum atomic E-state index is 11.5. The number of nitrogens with one attached hydrogen (secondary N) is 3. The second kappa shape index (κ2) is 10.6. The lowest BCUT2D eigenvalue weighted by Crippen LogP contribution is -2.06. The van der Waals surface area contributed by atoms with E-state index in [1.54, 1.807) is 36.8 Å². The van der Waals surface area contributed by atoms with Gasteiger partial charge in [0.1, 0.15) is 11.6 Å². The van der Waals surface area contributed by atoms with E-state index in [2.05, 4.69) is 25.6 Å². The van der Waals surface area contributed by atoms with Gasteiger partial charge in [0.25, 0.3) is 0 Å². The van der Waals surface area contributed by atoms with Crippen LogP contribution in [0, 0.1) is 4.78 Å². The highest BCUT2D eigenvalue weighted by molar-refractivity contribution is 7.73. The van der Waals surface area contributed by atoms with Crippen molar-refractivity contribution in [2.45, 2.75) is 18.4 Å². The molecule has 3 N–H and O–H groups in total. The fourth-order valence-corrected chi connectivity index (χ4v) is 3.63. The molecule has 0 amide bonds. The lowest BCUT2D eigenvalue weighted by molar-refractivity contribution is 0.340. The van der Waals surface area contributed by atoms with Gasteiger partial charge in [-0.1, -0.05) is 35.2 Å². The molecule has 0 fully saturated rings. The van der Waals surface area contributed by atoms with Gasteiger partial charge in [0, 0.05) is 36.4 Å². The van der Waals surface area contributed by atoms with Crippen LogP contribution in [0.1, 0.15) is 12.5 Å². The number of pyridine rings is 1. The Morgan fingerprint density at radius 1 is 1.06 bits per heavy atom. The average Bonchev–Trinajstić information content (AvgIpc) is 2.84. The molecule has 2 aromatic heterocycles. The number of anilines is 3. The summed E-state index contributed by atoms with van der Waals surface area (Å²) in [6.07, 6.45) is 5.26. The lowest BCUT2D eigenvalue weighted by atomic mass is 10.1. The zero-order valence-electron chi connectivity index (χ0n) is 18.0. The first-order chi connectivity index (χ1) is 16.1. The highest BCUT2D eigenvalue weighted by Gasteiger charge is 2.11. The Bertz CT molecular complexity index is 1290. The Balaban J connectivity index is 1.64. The molecule has 8 nitrogen and oxygen atoms in total. The average molecular weight is 460 g/mol.